The molecule has 2 rings (SSSR count). The lowest BCUT2D eigenvalue weighted by molar-refractivity contribution is 0.0697. The highest BCUT2D eigenvalue weighted by Crippen LogP contribution is 2.15. The summed E-state index contributed by atoms with van der Waals surface area (Å²) in [7, 11) is 0. The number of carboxylic acid groups (broad SMARTS) is 1. The minimum absolute atomic E-state index is 0.213. The van der Waals surface area contributed by atoms with Crippen molar-refractivity contribution in [2.45, 2.75) is 26.7 Å². The zero-order chi connectivity index (χ0) is 11.7. The van der Waals surface area contributed by atoms with Gasteiger partial charge in [0.05, 0.1) is 5.69 Å². The highest BCUT2D eigenvalue weighted by Gasteiger charge is 2.18. The Morgan fingerprint density at radius 2 is 2.19 bits per heavy atom. The van der Waals surface area contributed by atoms with E-state index < -0.39 is 5.97 Å². The van der Waals surface area contributed by atoms with Crippen molar-refractivity contribution in [3.8, 4) is 0 Å². The van der Waals surface area contributed by atoms with Crippen molar-refractivity contribution < 1.29 is 9.90 Å². The minimum atomic E-state index is -0.969. The molecule has 0 aromatic carbocycles. The molecule has 0 aliphatic heterocycles. The summed E-state index contributed by atoms with van der Waals surface area (Å²) < 4.78 is 1.56. The molecule has 2 aromatic rings. The van der Waals surface area contributed by atoms with Gasteiger partial charge in [-0.1, -0.05) is 13.8 Å². The van der Waals surface area contributed by atoms with Crippen molar-refractivity contribution in [2.75, 3.05) is 0 Å². The third-order valence-electron chi connectivity index (χ3n) is 2.56. The maximum Gasteiger partial charge on any atom is 0.341 e. The fourth-order valence-corrected chi connectivity index (χ4v) is 1.67. The minimum Gasteiger partial charge on any atom is -0.477 e. The standard InChI is InChI=1S/C11H13N3O2/c1-3-7-5-12-10-9(11(15)16)8(4-2)13-14(10)6-7/h5-6H,3-4H2,1-2H3,(H,15,16). The first-order valence-electron chi connectivity index (χ1n) is 5.26. The lowest BCUT2D eigenvalue weighted by atomic mass is 10.2. The highest BCUT2D eigenvalue weighted by atomic mass is 16.4. The van der Waals surface area contributed by atoms with Crippen LogP contribution in [0.1, 0.15) is 35.5 Å². The number of aryl methyl sites for hydroxylation is 2. The van der Waals surface area contributed by atoms with Gasteiger partial charge in [0.2, 0.25) is 0 Å². The van der Waals surface area contributed by atoms with Crippen LogP contribution in [-0.4, -0.2) is 25.7 Å². The van der Waals surface area contributed by atoms with Gasteiger partial charge in [0.1, 0.15) is 5.56 Å². The topological polar surface area (TPSA) is 67.5 Å². The Morgan fingerprint density at radius 1 is 1.44 bits per heavy atom. The number of aromatic nitrogens is 3. The molecular formula is C11H13N3O2. The molecule has 0 aliphatic rings. The van der Waals surface area contributed by atoms with Gasteiger partial charge in [0.25, 0.3) is 0 Å². The van der Waals surface area contributed by atoms with Gasteiger partial charge >= 0.3 is 5.97 Å². The van der Waals surface area contributed by atoms with E-state index in [-0.39, 0.29) is 5.56 Å². The van der Waals surface area contributed by atoms with Crippen LogP contribution in [0.2, 0.25) is 0 Å². The van der Waals surface area contributed by atoms with Crippen molar-refractivity contribution in [1.82, 2.24) is 14.6 Å². The van der Waals surface area contributed by atoms with Crippen LogP contribution in [0.4, 0.5) is 0 Å². The summed E-state index contributed by atoms with van der Waals surface area (Å²) in [6, 6.07) is 0. The fourth-order valence-electron chi connectivity index (χ4n) is 1.67. The molecule has 0 radical (unpaired) electrons. The molecule has 0 amide bonds. The van der Waals surface area contributed by atoms with Crippen LogP contribution in [-0.2, 0) is 12.8 Å². The third-order valence-corrected chi connectivity index (χ3v) is 2.56. The summed E-state index contributed by atoms with van der Waals surface area (Å²) >= 11 is 0. The molecular weight excluding hydrogens is 206 g/mol. The molecule has 5 heteroatoms. The second kappa shape index (κ2) is 3.92. The van der Waals surface area contributed by atoms with E-state index in [1.54, 1.807) is 10.7 Å². The summed E-state index contributed by atoms with van der Waals surface area (Å²) in [5, 5.41) is 13.4. The van der Waals surface area contributed by atoms with E-state index >= 15 is 0 Å². The molecule has 2 heterocycles. The summed E-state index contributed by atoms with van der Waals surface area (Å²) in [5.74, 6) is -0.969. The van der Waals surface area contributed by atoms with Crippen molar-refractivity contribution in [3.63, 3.8) is 0 Å². The number of carboxylic acids is 1. The molecule has 2 aromatic heterocycles. The van der Waals surface area contributed by atoms with Gasteiger partial charge in [-0.15, -0.1) is 0 Å². The first-order valence-corrected chi connectivity index (χ1v) is 5.26. The normalized spacial score (nSPS) is 10.9. The average molecular weight is 219 g/mol. The fraction of sp³-hybridized carbons (Fsp3) is 0.364. The van der Waals surface area contributed by atoms with Gasteiger partial charge in [0, 0.05) is 12.4 Å². The van der Waals surface area contributed by atoms with Crippen LogP contribution < -0.4 is 0 Å². The van der Waals surface area contributed by atoms with E-state index in [1.165, 1.54) is 0 Å². The van der Waals surface area contributed by atoms with Gasteiger partial charge in [0.15, 0.2) is 5.65 Å². The lowest BCUT2D eigenvalue weighted by Gasteiger charge is -1.97. The molecule has 0 saturated heterocycles. The van der Waals surface area contributed by atoms with E-state index in [2.05, 4.69) is 10.1 Å². The quantitative estimate of drug-likeness (QED) is 0.850. The molecule has 0 bridgehead atoms. The van der Waals surface area contributed by atoms with E-state index in [0.29, 0.717) is 17.8 Å². The molecule has 1 N–H and O–H groups in total. The molecule has 0 saturated carbocycles. The molecule has 0 aliphatic carbocycles. The van der Waals surface area contributed by atoms with Crippen molar-refractivity contribution in [1.29, 1.82) is 0 Å². The monoisotopic (exact) mass is 219 g/mol. The van der Waals surface area contributed by atoms with Gasteiger partial charge < -0.3 is 5.11 Å². The predicted molar refractivity (Wildman–Crippen MR) is 58.7 cm³/mol. The highest BCUT2D eigenvalue weighted by molar-refractivity contribution is 5.95. The molecule has 16 heavy (non-hydrogen) atoms. The summed E-state index contributed by atoms with van der Waals surface area (Å²) in [6.45, 7) is 3.90. The van der Waals surface area contributed by atoms with Crippen molar-refractivity contribution in [2.24, 2.45) is 0 Å². The Labute approximate surface area is 92.7 Å². The maximum atomic E-state index is 11.1. The predicted octanol–water partition coefficient (Wildman–Crippen LogP) is 1.55. The summed E-state index contributed by atoms with van der Waals surface area (Å²) in [6.07, 6.45) is 4.97. The van der Waals surface area contributed by atoms with Crippen LogP contribution in [0.15, 0.2) is 12.4 Å². The van der Waals surface area contributed by atoms with Crippen LogP contribution in [0, 0.1) is 0 Å². The first-order chi connectivity index (χ1) is 7.67. The molecule has 5 nitrogen and oxygen atoms in total. The number of carbonyl (C=O) groups is 1. The largest absolute Gasteiger partial charge is 0.477 e. The Balaban J connectivity index is 2.72. The van der Waals surface area contributed by atoms with Crippen LogP contribution in [0.3, 0.4) is 0 Å². The second-order valence-electron chi connectivity index (χ2n) is 3.56. The van der Waals surface area contributed by atoms with Crippen LogP contribution in [0.25, 0.3) is 5.65 Å². The van der Waals surface area contributed by atoms with Gasteiger partial charge in [-0.05, 0) is 18.4 Å². The number of fused-ring (bicyclic) bond motifs is 1. The SMILES string of the molecule is CCc1cnc2c(C(=O)O)c(CC)nn2c1. The Kier molecular flexibility index (Phi) is 2.60. The number of rotatable bonds is 3. The summed E-state index contributed by atoms with van der Waals surface area (Å²) in [4.78, 5) is 15.3. The number of hydrogen-bond acceptors (Lipinski definition) is 3. The van der Waals surface area contributed by atoms with Crippen molar-refractivity contribution in [3.05, 3.63) is 29.2 Å². The average Bonchev–Trinajstić information content (AvgIpc) is 2.65. The van der Waals surface area contributed by atoms with E-state index in [0.717, 1.165) is 12.0 Å². The molecule has 84 valence electrons. The third kappa shape index (κ3) is 1.54. The van der Waals surface area contributed by atoms with Gasteiger partial charge in [-0.25, -0.2) is 14.3 Å². The number of nitrogens with zero attached hydrogens (tertiary/aromatic N) is 3. The second-order valence-corrected chi connectivity index (χ2v) is 3.56. The van der Waals surface area contributed by atoms with Crippen molar-refractivity contribution >= 4 is 11.6 Å². The Morgan fingerprint density at radius 3 is 2.75 bits per heavy atom. The van der Waals surface area contributed by atoms with Gasteiger partial charge in [-0.3, -0.25) is 0 Å². The van der Waals surface area contributed by atoms with E-state index in [4.69, 9.17) is 5.11 Å². The number of aromatic carboxylic acids is 1. The Bertz CT molecular complexity index is 545. The van der Waals surface area contributed by atoms with E-state index in [9.17, 15) is 4.79 Å². The summed E-state index contributed by atoms with van der Waals surface area (Å²) in [5.41, 5.74) is 2.24. The molecule has 0 fully saturated rings. The lowest BCUT2D eigenvalue weighted by Crippen LogP contribution is -2.00. The van der Waals surface area contributed by atoms with E-state index in [1.807, 2.05) is 20.0 Å². The zero-order valence-electron chi connectivity index (χ0n) is 9.27. The maximum absolute atomic E-state index is 11.1. The Hall–Kier alpha value is -1.91. The molecule has 0 spiro atoms. The van der Waals surface area contributed by atoms with Crippen LogP contribution in [0.5, 0.6) is 0 Å². The van der Waals surface area contributed by atoms with Gasteiger partial charge in [-0.2, -0.15) is 5.10 Å². The van der Waals surface area contributed by atoms with Crippen LogP contribution >= 0.6 is 0 Å². The number of hydrogen-bond donors (Lipinski definition) is 1. The zero-order valence-corrected chi connectivity index (χ0v) is 9.27. The molecule has 0 unspecified atom stereocenters. The smallest absolute Gasteiger partial charge is 0.341 e. The first kappa shape index (κ1) is 10.6. The molecule has 0 atom stereocenters.